The average Bonchev–Trinajstić information content (AvgIpc) is 3.14. The van der Waals surface area contributed by atoms with Crippen LogP contribution < -0.4 is 14.8 Å². The van der Waals surface area contributed by atoms with Crippen LogP contribution in [0.1, 0.15) is 31.2 Å². The number of piperidine rings is 1. The Hall–Kier alpha value is -2.83. The molecular formula is C21H24FN3O3. The molecule has 2 aromatic rings. The van der Waals surface area contributed by atoms with Crippen molar-refractivity contribution in [2.24, 2.45) is 0 Å². The zero-order valence-electron chi connectivity index (χ0n) is 15.8. The number of likely N-dealkylation sites (tertiary alicyclic amines) is 1. The fourth-order valence-corrected chi connectivity index (χ4v) is 3.78. The summed E-state index contributed by atoms with van der Waals surface area (Å²) in [5.41, 5.74) is 1.14. The van der Waals surface area contributed by atoms with Crippen molar-refractivity contribution < 1.29 is 18.7 Å². The number of fused-ring (bicyclic) bond motifs is 1. The molecule has 1 fully saturated rings. The van der Waals surface area contributed by atoms with Crippen LogP contribution in [0.3, 0.4) is 0 Å². The fourth-order valence-electron chi connectivity index (χ4n) is 3.78. The molecule has 6 nitrogen and oxygen atoms in total. The van der Waals surface area contributed by atoms with Gasteiger partial charge in [0.25, 0.3) is 5.88 Å². The van der Waals surface area contributed by atoms with Crippen LogP contribution in [0.5, 0.6) is 11.6 Å². The van der Waals surface area contributed by atoms with E-state index in [1.54, 1.807) is 4.90 Å². The van der Waals surface area contributed by atoms with Crippen LogP contribution in [0.25, 0.3) is 0 Å². The van der Waals surface area contributed by atoms with Gasteiger partial charge < -0.3 is 19.7 Å². The number of halogens is 1. The summed E-state index contributed by atoms with van der Waals surface area (Å²) in [5.74, 6) is 0.607. The highest BCUT2D eigenvalue weighted by Gasteiger charge is 2.31. The van der Waals surface area contributed by atoms with Gasteiger partial charge in [-0.1, -0.05) is 18.2 Å². The lowest BCUT2D eigenvalue weighted by atomic mass is 9.94. The number of ether oxygens (including phenoxy) is 2. The smallest absolute Gasteiger partial charge is 0.317 e. The Balaban J connectivity index is 1.28. The Bertz CT molecular complexity index is 839. The Kier molecular flexibility index (Phi) is 5.32. The van der Waals surface area contributed by atoms with Crippen LogP contribution in [0, 0.1) is 5.82 Å². The van der Waals surface area contributed by atoms with Crippen molar-refractivity contribution in [3.8, 4) is 11.6 Å². The zero-order valence-corrected chi connectivity index (χ0v) is 15.8. The molecule has 0 saturated carbocycles. The first kappa shape index (κ1) is 18.5. The summed E-state index contributed by atoms with van der Waals surface area (Å²) in [6, 6.07) is 10.7. The molecule has 2 aliphatic heterocycles. The van der Waals surface area contributed by atoms with E-state index < -0.39 is 5.82 Å². The van der Waals surface area contributed by atoms with Crippen molar-refractivity contribution in [2.75, 3.05) is 19.7 Å². The van der Waals surface area contributed by atoms with Crippen molar-refractivity contribution >= 4 is 6.03 Å². The average molecular weight is 385 g/mol. The molecule has 1 aromatic heterocycles. The van der Waals surface area contributed by atoms with Crippen LogP contribution >= 0.6 is 0 Å². The predicted molar refractivity (Wildman–Crippen MR) is 102 cm³/mol. The highest BCUT2D eigenvalue weighted by atomic mass is 19.1. The minimum atomic E-state index is -0.462. The monoisotopic (exact) mass is 385 g/mol. The highest BCUT2D eigenvalue weighted by molar-refractivity contribution is 5.74. The van der Waals surface area contributed by atoms with E-state index in [0.29, 0.717) is 32.5 Å². The van der Waals surface area contributed by atoms with E-state index in [2.05, 4.69) is 16.4 Å². The first-order chi connectivity index (χ1) is 13.6. The largest absolute Gasteiger partial charge is 0.493 e. The molecule has 1 saturated heterocycles. The quantitative estimate of drug-likeness (QED) is 0.877. The summed E-state index contributed by atoms with van der Waals surface area (Å²) < 4.78 is 25.1. The minimum Gasteiger partial charge on any atom is -0.493 e. The minimum absolute atomic E-state index is 0.0268. The van der Waals surface area contributed by atoms with E-state index in [0.717, 1.165) is 11.3 Å². The van der Waals surface area contributed by atoms with Gasteiger partial charge in [0.1, 0.15) is 11.9 Å². The first-order valence-electron chi connectivity index (χ1n) is 9.66. The Morgan fingerprint density at radius 2 is 2.07 bits per heavy atom. The molecule has 2 atom stereocenters. The summed E-state index contributed by atoms with van der Waals surface area (Å²) >= 11 is 0. The van der Waals surface area contributed by atoms with E-state index in [-0.39, 0.29) is 30.0 Å². The zero-order chi connectivity index (χ0) is 19.5. The molecule has 0 radical (unpaired) electrons. The van der Waals surface area contributed by atoms with Gasteiger partial charge in [0, 0.05) is 49.7 Å². The van der Waals surface area contributed by atoms with Gasteiger partial charge in [-0.2, -0.15) is 0 Å². The number of nitrogens with zero attached hydrogens (tertiary/aromatic N) is 2. The van der Waals surface area contributed by atoms with Gasteiger partial charge in [0.15, 0.2) is 5.82 Å². The third kappa shape index (κ3) is 3.88. The maximum atomic E-state index is 13.7. The molecule has 2 unspecified atom stereocenters. The van der Waals surface area contributed by atoms with Gasteiger partial charge in [-0.25, -0.2) is 14.2 Å². The molecule has 148 valence electrons. The highest BCUT2D eigenvalue weighted by Crippen LogP contribution is 2.35. The summed E-state index contributed by atoms with van der Waals surface area (Å²) in [6.45, 7) is 3.71. The van der Waals surface area contributed by atoms with Crippen LogP contribution in [-0.4, -0.2) is 47.8 Å². The van der Waals surface area contributed by atoms with Crippen LogP contribution in [-0.2, 0) is 0 Å². The number of amides is 2. The predicted octanol–water partition coefficient (Wildman–Crippen LogP) is 3.34. The third-order valence-corrected chi connectivity index (χ3v) is 5.42. The number of carbonyl (C=O) groups excluding carboxylic acids is 1. The lowest BCUT2D eigenvalue weighted by molar-refractivity contribution is 0.102. The number of nitrogens with one attached hydrogen (secondary N) is 1. The second kappa shape index (κ2) is 8.04. The van der Waals surface area contributed by atoms with Crippen molar-refractivity contribution in [1.29, 1.82) is 0 Å². The maximum absolute atomic E-state index is 13.7. The lowest BCUT2D eigenvalue weighted by Crippen LogP contribution is -2.50. The van der Waals surface area contributed by atoms with Crippen molar-refractivity contribution in [3.05, 3.63) is 54.0 Å². The van der Waals surface area contributed by atoms with E-state index in [1.165, 1.54) is 18.3 Å². The normalized spacial score (nSPS) is 20.2. The summed E-state index contributed by atoms with van der Waals surface area (Å²) in [6.07, 6.45) is 2.66. The molecule has 1 aromatic carbocycles. The van der Waals surface area contributed by atoms with Crippen molar-refractivity contribution in [1.82, 2.24) is 15.2 Å². The molecule has 28 heavy (non-hydrogen) atoms. The second-order valence-electron chi connectivity index (χ2n) is 7.29. The molecule has 7 heteroatoms. The number of aromatic nitrogens is 1. The first-order valence-corrected chi connectivity index (χ1v) is 9.66. The number of urea groups is 1. The van der Waals surface area contributed by atoms with Crippen LogP contribution in [0.2, 0.25) is 0 Å². The molecule has 1 N–H and O–H groups in total. The number of carbonyl (C=O) groups is 1. The summed E-state index contributed by atoms with van der Waals surface area (Å²) in [7, 11) is 0. The molecular weight excluding hydrogens is 361 g/mol. The standard InChI is InChI=1S/C21H24FN3O3/c1-14(17-13-27-19-7-3-2-5-16(17)19)24-21(26)25-11-8-15(9-12-25)28-20-18(22)6-4-10-23-20/h2-7,10,14-15,17H,8-9,11-13H2,1H3,(H,24,26). The van der Waals surface area contributed by atoms with Gasteiger partial charge in [0.2, 0.25) is 0 Å². The van der Waals surface area contributed by atoms with E-state index in [4.69, 9.17) is 9.47 Å². The van der Waals surface area contributed by atoms with Crippen LogP contribution in [0.4, 0.5) is 9.18 Å². The number of para-hydroxylation sites is 1. The topological polar surface area (TPSA) is 63.7 Å². The Morgan fingerprint density at radius 1 is 1.29 bits per heavy atom. The van der Waals surface area contributed by atoms with Crippen molar-refractivity contribution in [2.45, 2.75) is 37.8 Å². The molecule has 2 aliphatic rings. The Morgan fingerprint density at radius 3 is 2.86 bits per heavy atom. The van der Waals surface area contributed by atoms with Crippen LogP contribution in [0.15, 0.2) is 42.6 Å². The second-order valence-corrected chi connectivity index (χ2v) is 7.29. The van der Waals surface area contributed by atoms with Gasteiger partial charge in [-0.15, -0.1) is 0 Å². The van der Waals surface area contributed by atoms with Gasteiger partial charge in [0.05, 0.1) is 6.61 Å². The third-order valence-electron chi connectivity index (χ3n) is 5.42. The fraction of sp³-hybridized carbons (Fsp3) is 0.429. The maximum Gasteiger partial charge on any atom is 0.317 e. The summed E-state index contributed by atoms with van der Waals surface area (Å²) in [4.78, 5) is 18.4. The van der Waals surface area contributed by atoms with Crippen molar-refractivity contribution in [3.63, 3.8) is 0 Å². The van der Waals surface area contributed by atoms with E-state index >= 15 is 0 Å². The molecule has 2 amide bonds. The lowest BCUT2D eigenvalue weighted by Gasteiger charge is -2.33. The number of hydrogen-bond acceptors (Lipinski definition) is 4. The molecule has 4 rings (SSSR count). The van der Waals surface area contributed by atoms with Gasteiger partial charge in [-0.05, 0) is 25.1 Å². The van der Waals surface area contributed by atoms with E-state index in [1.807, 2.05) is 25.1 Å². The van der Waals surface area contributed by atoms with Gasteiger partial charge in [-0.3, -0.25) is 0 Å². The van der Waals surface area contributed by atoms with E-state index in [9.17, 15) is 9.18 Å². The number of benzene rings is 1. The SMILES string of the molecule is CC(NC(=O)N1CCC(Oc2ncccc2F)CC1)C1COc2ccccc21. The molecule has 0 spiro atoms. The Labute approximate surface area is 163 Å². The number of pyridine rings is 1. The number of rotatable bonds is 4. The molecule has 0 aliphatic carbocycles. The van der Waals surface area contributed by atoms with Gasteiger partial charge >= 0.3 is 6.03 Å². The molecule has 0 bridgehead atoms. The number of hydrogen-bond donors (Lipinski definition) is 1. The summed E-state index contributed by atoms with van der Waals surface area (Å²) in [5, 5.41) is 3.10. The molecule has 3 heterocycles.